The lowest BCUT2D eigenvalue weighted by Crippen LogP contribution is -2.21. The molecule has 0 amide bonds. The first-order valence-electron chi connectivity index (χ1n) is 6.33. The molecule has 0 fully saturated rings. The molecule has 0 saturated heterocycles. The highest BCUT2D eigenvalue weighted by Gasteiger charge is 2.30. The second kappa shape index (κ2) is 6.55. The summed E-state index contributed by atoms with van der Waals surface area (Å²) in [6, 6.07) is 4.74. The molecule has 21 heavy (non-hydrogen) atoms. The van der Waals surface area contributed by atoms with E-state index in [1.54, 1.807) is 0 Å². The van der Waals surface area contributed by atoms with E-state index in [-0.39, 0.29) is 12.1 Å². The molecule has 7 heteroatoms. The first-order chi connectivity index (χ1) is 9.86. The van der Waals surface area contributed by atoms with Crippen molar-refractivity contribution in [1.82, 2.24) is 10.3 Å². The maximum atomic E-state index is 12.6. The van der Waals surface area contributed by atoms with Crippen molar-refractivity contribution < 1.29 is 18.3 Å². The Balaban J connectivity index is 1.92. The molecule has 0 bridgehead atoms. The maximum absolute atomic E-state index is 12.6. The molecule has 0 spiro atoms. The number of alkyl halides is 3. The van der Waals surface area contributed by atoms with Crippen molar-refractivity contribution in [2.45, 2.75) is 25.7 Å². The summed E-state index contributed by atoms with van der Waals surface area (Å²) in [5.41, 5.74) is 0.414. The molecule has 1 heterocycles. The van der Waals surface area contributed by atoms with Crippen LogP contribution in [0.1, 0.15) is 27.9 Å². The molecule has 0 saturated carbocycles. The summed E-state index contributed by atoms with van der Waals surface area (Å²) in [7, 11) is 0. The number of hydrogen-bond acceptors (Lipinski definition) is 4. The number of hydrogen-bond donors (Lipinski definition) is 2. The van der Waals surface area contributed by atoms with Crippen molar-refractivity contribution in [2.24, 2.45) is 0 Å². The fourth-order valence-corrected chi connectivity index (χ4v) is 2.58. The minimum absolute atomic E-state index is 0.167. The van der Waals surface area contributed by atoms with E-state index < -0.39 is 17.8 Å². The highest BCUT2D eigenvalue weighted by Crippen LogP contribution is 2.30. The summed E-state index contributed by atoms with van der Waals surface area (Å²) < 4.78 is 37.8. The third-order valence-corrected chi connectivity index (χ3v) is 3.85. The first-order valence-corrected chi connectivity index (χ1v) is 7.21. The van der Waals surface area contributed by atoms with Crippen molar-refractivity contribution in [3.63, 3.8) is 0 Å². The average Bonchev–Trinajstić information content (AvgIpc) is 2.83. The van der Waals surface area contributed by atoms with Crippen molar-refractivity contribution in [3.8, 4) is 0 Å². The fraction of sp³-hybridized carbons (Fsp3) is 0.357. The Kier molecular flexibility index (Phi) is 4.97. The zero-order valence-electron chi connectivity index (χ0n) is 11.3. The Labute approximate surface area is 124 Å². The smallest absolute Gasteiger partial charge is 0.387 e. The summed E-state index contributed by atoms with van der Waals surface area (Å²) in [6.07, 6.45) is -5.39. The van der Waals surface area contributed by atoms with Gasteiger partial charge >= 0.3 is 6.18 Å². The Morgan fingerprint density at radius 1 is 1.38 bits per heavy atom. The normalized spacial score (nSPS) is 13.4. The molecule has 2 rings (SSSR count). The predicted molar refractivity (Wildman–Crippen MR) is 75.0 cm³/mol. The molecule has 1 aromatic carbocycles. The third kappa shape index (κ3) is 4.52. The number of aliphatic hydroxyl groups excluding tert-OH is 1. The number of aryl methyl sites for hydroxylation is 1. The van der Waals surface area contributed by atoms with Crippen LogP contribution in [0, 0.1) is 6.92 Å². The van der Waals surface area contributed by atoms with Gasteiger partial charge in [0.25, 0.3) is 0 Å². The highest BCUT2D eigenvalue weighted by atomic mass is 32.1. The van der Waals surface area contributed by atoms with E-state index in [2.05, 4.69) is 10.3 Å². The molecular formula is C14H15F3N2OS. The van der Waals surface area contributed by atoms with E-state index in [0.717, 1.165) is 22.8 Å². The number of aromatic nitrogens is 1. The molecule has 1 unspecified atom stereocenters. The van der Waals surface area contributed by atoms with E-state index in [1.165, 1.54) is 23.5 Å². The topological polar surface area (TPSA) is 45.1 Å². The van der Waals surface area contributed by atoms with E-state index in [0.29, 0.717) is 6.54 Å². The second-order valence-electron chi connectivity index (χ2n) is 4.65. The molecule has 2 N–H and O–H groups in total. The molecule has 0 aliphatic carbocycles. The van der Waals surface area contributed by atoms with Crippen molar-refractivity contribution in [1.29, 1.82) is 0 Å². The van der Waals surface area contributed by atoms with E-state index in [9.17, 15) is 18.3 Å². The Hall–Kier alpha value is -1.44. The molecule has 1 aromatic heterocycles. The van der Waals surface area contributed by atoms with Crippen LogP contribution in [-0.2, 0) is 12.7 Å². The van der Waals surface area contributed by atoms with Crippen LogP contribution >= 0.6 is 11.3 Å². The number of benzene rings is 1. The van der Waals surface area contributed by atoms with Gasteiger partial charge in [0, 0.05) is 24.2 Å². The SMILES string of the molecule is Cc1csc(CNCC(O)c2cccc(C(F)(F)F)c2)n1. The minimum atomic E-state index is -4.40. The number of nitrogens with zero attached hydrogens (tertiary/aromatic N) is 1. The number of aliphatic hydroxyl groups is 1. The minimum Gasteiger partial charge on any atom is -0.387 e. The van der Waals surface area contributed by atoms with Crippen molar-refractivity contribution in [2.75, 3.05) is 6.54 Å². The Bertz CT molecular complexity index is 598. The summed E-state index contributed by atoms with van der Waals surface area (Å²) in [6.45, 7) is 2.53. The van der Waals surface area contributed by atoms with Crippen LogP contribution < -0.4 is 5.32 Å². The molecule has 0 aliphatic heterocycles. The number of rotatable bonds is 5. The van der Waals surface area contributed by atoms with Crippen molar-refractivity contribution in [3.05, 3.63) is 51.5 Å². The van der Waals surface area contributed by atoms with Gasteiger partial charge in [0.15, 0.2) is 0 Å². The highest BCUT2D eigenvalue weighted by molar-refractivity contribution is 7.09. The molecule has 114 valence electrons. The lowest BCUT2D eigenvalue weighted by molar-refractivity contribution is -0.137. The molecule has 0 aliphatic rings. The molecule has 2 aromatic rings. The molecule has 0 radical (unpaired) electrons. The van der Waals surface area contributed by atoms with Crippen LogP contribution in [-0.4, -0.2) is 16.6 Å². The predicted octanol–water partition coefficient (Wildman–Crippen LogP) is 3.29. The summed E-state index contributed by atoms with van der Waals surface area (Å²) in [5.74, 6) is 0. The van der Waals surface area contributed by atoms with Gasteiger partial charge in [-0.1, -0.05) is 12.1 Å². The fourth-order valence-electron chi connectivity index (χ4n) is 1.84. The zero-order chi connectivity index (χ0) is 15.5. The van der Waals surface area contributed by atoms with E-state index >= 15 is 0 Å². The lowest BCUT2D eigenvalue weighted by Gasteiger charge is -2.14. The Morgan fingerprint density at radius 2 is 2.14 bits per heavy atom. The van der Waals surface area contributed by atoms with Gasteiger partial charge in [0.2, 0.25) is 0 Å². The van der Waals surface area contributed by atoms with Gasteiger partial charge in [-0.25, -0.2) is 4.98 Å². The Morgan fingerprint density at radius 3 is 2.76 bits per heavy atom. The molecule has 1 atom stereocenters. The van der Waals surface area contributed by atoms with Gasteiger partial charge in [-0.3, -0.25) is 0 Å². The number of halogens is 3. The monoisotopic (exact) mass is 316 g/mol. The van der Waals surface area contributed by atoms with Gasteiger partial charge in [-0.05, 0) is 24.6 Å². The summed E-state index contributed by atoms with van der Waals surface area (Å²) in [4.78, 5) is 4.25. The molecule has 3 nitrogen and oxygen atoms in total. The van der Waals surface area contributed by atoms with Crippen LogP contribution in [0.2, 0.25) is 0 Å². The van der Waals surface area contributed by atoms with Crippen LogP contribution in [0.25, 0.3) is 0 Å². The van der Waals surface area contributed by atoms with Gasteiger partial charge in [0.1, 0.15) is 5.01 Å². The van der Waals surface area contributed by atoms with Crippen LogP contribution in [0.3, 0.4) is 0 Å². The second-order valence-corrected chi connectivity index (χ2v) is 5.60. The molecular weight excluding hydrogens is 301 g/mol. The zero-order valence-corrected chi connectivity index (χ0v) is 12.1. The standard InChI is InChI=1S/C14H15F3N2OS/c1-9-8-21-13(19-9)7-18-6-12(20)10-3-2-4-11(5-10)14(15,16)17/h2-5,8,12,18,20H,6-7H2,1H3. The van der Waals surface area contributed by atoms with E-state index in [1.807, 2.05) is 12.3 Å². The van der Waals surface area contributed by atoms with Gasteiger partial charge < -0.3 is 10.4 Å². The summed E-state index contributed by atoms with van der Waals surface area (Å²) >= 11 is 1.50. The largest absolute Gasteiger partial charge is 0.416 e. The van der Waals surface area contributed by atoms with Crippen LogP contribution in [0.5, 0.6) is 0 Å². The quantitative estimate of drug-likeness (QED) is 0.890. The average molecular weight is 316 g/mol. The van der Waals surface area contributed by atoms with Crippen LogP contribution in [0.4, 0.5) is 13.2 Å². The number of nitrogens with one attached hydrogen (secondary N) is 1. The van der Waals surface area contributed by atoms with Gasteiger partial charge in [-0.15, -0.1) is 11.3 Å². The number of thiazole rings is 1. The van der Waals surface area contributed by atoms with Crippen LogP contribution in [0.15, 0.2) is 29.6 Å². The van der Waals surface area contributed by atoms with Gasteiger partial charge in [-0.2, -0.15) is 13.2 Å². The van der Waals surface area contributed by atoms with Crippen molar-refractivity contribution >= 4 is 11.3 Å². The summed E-state index contributed by atoms with van der Waals surface area (Å²) in [5, 5.41) is 15.7. The van der Waals surface area contributed by atoms with E-state index in [4.69, 9.17) is 0 Å². The third-order valence-electron chi connectivity index (χ3n) is 2.88. The first kappa shape index (κ1) is 15.9. The lowest BCUT2D eigenvalue weighted by atomic mass is 10.1. The van der Waals surface area contributed by atoms with Gasteiger partial charge in [0.05, 0.1) is 11.7 Å². The maximum Gasteiger partial charge on any atom is 0.416 e.